The number of aromatic nitrogens is 2. The van der Waals surface area contributed by atoms with Crippen LogP contribution >= 0.6 is 11.3 Å². The number of carbonyl (C=O) groups is 1. The van der Waals surface area contributed by atoms with Gasteiger partial charge >= 0.3 is 5.76 Å². The fourth-order valence-corrected chi connectivity index (χ4v) is 3.67. The number of hydrogen-bond acceptors (Lipinski definition) is 5. The van der Waals surface area contributed by atoms with Gasteiger partial charge in [-0.3, -0.25) is 9.36 Å². The van der Waals surface area contributed by atoms with Gasteiger partial charge in [0.1, 0.15) is 5.01 Å². The zero-order valence-corrected chi connectivity index (χ0v) is 15.5. The summed E-state index contributed by atoms with van der Waals surface area (Å²) in [5.74, 6) is -0.534. The number of rotatable bonds is 5. The number of oxazole rings is 1. The minimum absolute atomic E-state index is 0.109. The number of fused-ring (bicyclic) bond motifs is 1. The van der Waals surface area contributed by atoms with Crippen LogP contribution in [0.4, 0.5) is 5.69 Å². The summed E-state index contributed by atoms with van der Waals surface area (Å²) in [6, 6.07) is 15.1. The van der Waals surface area contributed by atoms with Gasteiger partial charge in [-0.25, -0.2) is 9.78 Å². The van der Waals surface area contributed by atoms with Crippen LogP contribution in [-0.4, -0.2) is 15.5 Å². The average Bonchev–Trinajstić information content (AvgIpc) is 3.26. The number of thiazole rings is 1. The van der Waals surface area contributed by atoms with Crippen molar-refractivity contribution in [3.63, 3.8) is 0 Å². The van der Waals surface area contributed by atoms with Crippen LogP contribution in [0.2, 0.25) is 0 Å². The highest BCUT2D eigenvalue weighted by Gasteiger charge is 2.10. The van der Waals surface area contributed by atoms with Crippen LogP contribution in [0, 0.1) is 0 Å². The molecule has 0 aliphatic carbocycles. The predicted octanol–water partition coefficient (Wildman–Crippen LogP) is 3.83. The summed E-state index contributed by atoms with van der Waals surface area (Å²) in [7, 11) is 1.64. The van der Waals surface area contributed by atoms with E-state index in [0.717, 1.165) is 16.3 Å². The number of nitrogens with one attached hydrogen (secondary N) is 1. The van der Waals surface area contributed by atoms with Crippen molar-refractivity contribution in [3.05, 3.63) is 70.2 Å². The fourth-order valence-electron chi connectivity index (χ4n) is 2.81. The van der Waals surface area contributed by atoms with Gasteiger partial charge in [-0.2, -0.15) is 0 Å². The summed E-state index contributed by atoms with van der Waals surface area (Å²) in [6.45, 7) is 0. The van der Waals surface area contributed by atoms with Gasteiger partial charge in [0.2, 0.25) is 5.91 Å². The third-order valence-corrected chi connectivity index (χ3v) is 5.20. The van der Waals surface area contributed by atoms with Crippen molar-refractivity contribution in [2.75, 3.05) is 5.32 Å². The first-order valence-corrected chi connectivity index (χ1v) is 9.37. The summed E-state index contributed by atoms with van der Waals surface area (Å²) in [5.41, 5.74) is 3.72. The summed E-state index contributed by atoms with van der Waals surface area (Å²) in [6.07, 6.45) is 0.895. The zero-order valence-electron chi connectivity index (χ0n) is 14.6. The number of carbonyl (C=O) groups excluding carboxylic acids is 1. The SMILES string of the molecule is Cn1c(=O)oc2cc(NC(=O)CCc3csc(-c4ccccc4)n3)ccc21. The molecule has 0 aliphatic rings. The molecule has 0 saturated heterocycles. The molecular weight excluding hydrogens is 362 g/mol. The van der Waals surface area contributed by atoms with Gasteiger partial charge in [-0.15, -0.1) is 11.3 Å². The summed E-state index contributed by atoms with van der Waals surface area (Å²) in [5, 5.41) is 5.78. The second kappa shape index (κ2) is 7.20. The minimum atomic E-state index is -0.425. The normalized spacial score (nSPS) is 11.0. The summed E-state index contributed by atoms with van der Waals surface area (Å²) < 4.78 is 6.57. The van der Waals surface area contributed by atoms with E-state index in [1.54, 1.807) is 36.6 Å². The average molecular weight is 379 g/mol. The van der Waals surface area contributed by atoms with Gasteiger partial charge in [0.05, 0.1) is 11.2 Å². The van der Waals surface area contributed by atoms with Gasteiger partial charge in [-0.05, 0) is 18.6 Å². The van der Waals surface area contributed by atoms with E-state index in [2.05, 4.69) is 10.3 Å². The first-order valence-electron chi connectivity index (χ1n) is 8.49. The molecule has 0 fully saturated rings. The fraction of sp³-hybridized carbons (Fsp3) is 0.150. The second-order valence-electron chi connectivity index (χ2n) is 6.17. The Bertz CT molecular complexity index is 1160. The van der Waals surface area contributed by atoms with Gasteiger partial charge in [0.25, 0.3) is 0 Å². The van der Waals surface area contributed by atoms with Crippen LogP contribution in [0.5, 0.6) is 0 Å². The zero-order chi connectivity index (χ0) is 18.8. The number of benzene rings is 2. The number of anilines is 1. The van der Waals surface area contributed by atoms with E-state index < -0.39 is 5.76 Å². The maximum atomic E-state index is 12.2. The highest BCUT2D eigenvalue weighted by atomic mass is 32.1. The minimum Gasteiger partial charge on any atom is -0.408 e. The lowest BCUT2D eigenvalue weighted by Crippen LogP contribution is -2.12. The molecule has 4 aromatic rings. The smallest absolute Gasteiger partial charge is 0.408 e. The van der Waals surface area contributed by atoms with Crippen LogP contribution < -0.4 is 11.1 Å². The molecule has 7 heteroatoms. The lowest BCUT2D eigenvalue weighted by Gasteiger charge is -2.04. The summed E-state index contributed by atoms with van der Waals surface area (Å²) >= 11 is 1.58. The Kier molecular flexibility index (Phi) is 4.60. The Labute approximate surface area is 159 Å². The van der Waals surface area contributed by atoms with E-state index in [1.165, 1.54) is 4.57 Å². The largest absolute Gasteiger partial charge is 0.419 e. The third kappa shape index (κ3) is 3.68. The molecule has 136 valence electrons. The molecule has 0 bridgehead atoms. The van der Waals surface area contributed by atoms with Gasteiger partial charge in [-0.1, -0.05) is 30.3 Å². The van der Waals surface area contributed by atoms with Crippen molar-refractivity contribution in [2.24, 2.45) is 7.05 Å². The van der Waals surface area contributed by atoms with E-state index >= 15 is 0 Å². The van der Waals surface area contributed by atoms with Crippen molar-refractivity contribution in [2.45, 2.75) is 12.8 Å². The molecule has 6 nitrogen and oxygen atoms in total. The topological polar surface area (TPSA) is 77.1 Å². The van der Waals surface area contributed by atoms with E-state index in [0.29, 0.717) is 29.6 Å². The molecule has 0 unspecified atom stereocenters. The Morgan fingerprint density at radius 3 is 2.85 bits per heavy atom. The first-order chi connectivity index (χ1) is 13.1. The van der Waals surface area contributed by atoms with Crippen molar-refractivity contribution in [3.8, 4) is 10.6 Å². The van der Waals surface area contributed by atoms with Crippen LogP contribution in [0.15, 0.2) is 63.1 Å². The maximum absolute atomic E-state index is 12.2. The van der Waals surface area contributed by atoms with E-state index in [-0.39, 0.29) is 5.91 Å². The van der Waals surface area contributed by atoms with Crippen LogP contribution in [0.1, 0.15) is 12.1 Å². The van der Waals surface area contributed by atoms with Crippen molar-refractivity contribution >= 4 is 34.0 Å². The molecule has 2 aromatic carbocycles. The van der Waals surface area contributed by atoms with Gasteiger partial charge in [0, 0.05) is 36.2 Å². The Morgan fingerprint density at radius 2 is 2.04 bits per heavy atom. The van der Waals surface area contributed by atoms with Crippen molar-refractivity contribution in [1.82, 2.24) is 9.55 Å². The van der Waals surface area contributed by atoms with E-state index in [4.69, 9.17) is 4.42 Å². The van der Waals surface area contributed by atoms with Crippen LogP contribution in [0.3, 0.4) is 0 Å². The number of amides is 1. The highest BCUT2D eigenvalue weighted by molar-refractivity contribution is 7.13. The number of hydrogen-bond donors (Lipinski definition) is 1. The molecule has 2 aromatic heterocycles. The molecule has 1 amide bonds. The first kappa shape index (κ1) is 17.2. The monoisotopic (exact) mass is 379 g/mol. The lowest BCUT2D eigenvalue weighted by atomic mass is 10.2. The third-order valence-electron chi connectivity index (χ3n) is 4.26. The molecule has 4 rings (SSSR count). The summed E-state index contributed by atoms with van der Waals surface area (Å²) in [4.78, 5) is 28.4. The molecule has 0 atom stereocenters. The van der Waals surface area contributed by atoms with Crippen molar-refractivity contribution in [1.29, 1.82) is 0 Å². The number of nitrogens with zero attached hydrogens (tertiary/aromatic N) is 2. The van der Waals surface area contributed by atoms with Gasteiger partial charge in [0.15, 0.2) is 5.58 Å². The highest BCUT2D eigenvalue weighted by Crippen LogP contribution is 2.24. The van der Waals surface area contributed by atoms with Crippen LogP contribution in [-0.2, 0) is 18.3 Å². The Hall–Kier alpha value is -3.19. The van der Waals surface area contributed by atoms with Crippen molar-refractivity contribution < 1.29 is 9.21 Å². The molecular formula is C20H17N3O3S. The second-order valence-corrected chi connectivity index (χ2v) is 7.03. The lowest BCUT2D eigenvalue weighted by molar-refractivity contribution is -0.116. The maximum Gasteiger partial charge on any atom is 0.419 e. The molecule has 0 saturated carbocycles. The quantitative estimate of drug-likeness (QED) is 0.572. The predicted molar refractivity (Wildman–Crippen MR) is 106 cm³/mol. The Morgan fingerprint density at radius 1 is 1.22 bits per heavy atom. The molecule has 0 spiro atoms. The molecule has 2 heterocycles. The molecule has 27 heavy (non-hydrogen) atoms. The van der Waals surface area contributed by atoms with Crippen LogP contribution in [0.25, 0.3) is 21.7 Å². The van der Waals surface area contributed by atoms with E-state index in [9.17, 15) is 9.59 Å². The van der Waals surface area contributed by atoms with Gasteiger partial charge < -0.3 is 9.73 Å². The molecule has 0 radical (unpaired) electrons. The molecule has 1 N–H and O–H groups in total. The standard InChI is InChI=1S/C20H17N3O3S/c1-23-16-9-7-14(11-17(16)26-20(23)25)21-18(24)10-8-15-12-27-19(22-15)13-5-3-2-4-6-13/h2-7,9,11-12H,8,10H2,1H3,(H,21,24). The Balaban J connectivity index is 1.39. The van der Waals surface area contributed by atoms with E-state index in [1.807, 2.05) is 35.7 Å². The number of aryl methyl sites for hydroxylation is 2. The molecule has 0 aliphatic heterocycles.